The number of carbonyl (C=O) groups excluding carboxylic acids is 1. The normalized spacial score (nSPS) is 18.4. The van der Waals surface area contributed by atoms with Crippen LogP contribution in [0.25, 0.3) is 0 Å². The van der Waals surface area contributed by atoms with Gasteiger partial charge in [0, 0.05) is 25.2 Å². The molecule has 0 radical (unpaired) electrons. The Morgan fingerprint density at radius 3 is 2.88 bits per heavy atom. The largest absolute Gasteiger partial charge is 0.484 e. The smallest absolute Gasteiger partial charge is 0.258 e. The van der Waals surface area contributed by atoms with E-state index in [9.17, 15) is 9.18 Å². The number of carbonyl (C=O) groups is 1. The summed E-state index contributed by atoms with van der Waals surface area (Å²) < 4.78 is 18.5. The molecule has 6 heteroatoms. The number of amides is 1. The molecule has 1 fully saturated rings. The van der Waals surface area contributed by atoms with Gasteiger partial charge < -0.3 is 15.0 Å². The van der Waals surface area contributed by atoms with Crippen molar-refractivity contribution in [1.29, 1.82) is 0 Å². The van der Waals surface area contributed by atoms with Crippen LogP contribution >= 0.6 is 11.6 Å². The minimum atomic E-state index is -0.502. The van der Waals surface area contributed by atoms with Crippen molar-refractivity contribution in [3.05, 3.63) is 29.0 Å². The van der Waals surface area contributed by atoms with E-state index in [2.05, 4.69) is 24.1 Å². The second kappa shape index (κ2) is 9.97. The predicted octanol–water partition coefficient (Wildman–Crippen LogP) is 3.87. The molecule has 1 amide bonds. The number of rotatable bonds is 8. The highest BCUT2D eigenvalue weighted by molar-refractivity contribution is 6.30. The Morgan fingerprint density at radius 2 is 2.20 bits per heavy atom. The molecule has 25 heavy (non-hydrogen) atoms. The van der Waals surface area contributed by atoms with Crippen molar-refractivity contribution in [2.75, 3.05) is 26.2 Å². The van der Waals surface area contributed by atoms with Crippen LogP contribution in [0.15, 0.2) is 18.2 Å². The van der Waals surface area contributed by atoms with Gasteiger partial charge in [-0.15, -0.1) is 0 Å². The van der Waals surface area contributed by atoms with Gasteiger partial charge in [0.05, 0.1) is 5.02 Å². The number of ether oxygens (including phenoxy) is 1. The number of likely N-dealkylation sites (tertiary alicyclic amines) is 1. The van der Waals surface area contributed by atoms with Gasteiger partial charge in [0.25, 0.3) is 5.91 Å². The molecular formula is C19H28ClFN2O2. The van der Waals surface area contributed by atoms with E-state index in [-0.39, 0.29) is 23.6 Å². The topological polar surface area (TPSA) is 41.6 Å². The van der Waals surface area contributed by atoms with E-state index in [1.807, 2.05) is 0 Å². The second-order valence-electron chi connectivity index (χ2n) is 6.71. The van der Waals surface area contributed by atoms with Gasteiger partial charge in [0.1, 0.15) is 11.6 Å². The van der Waals surface area contributed by atoms with Crippen LogP contribution in [-0.4, -0.2) is 43.1 Å². The van der Waals surface area contributed by atoms with Crippen LogP contribution in [-0.2, 0) is 4.79 Å². The fourth-order valence-corrected chi connectivity index (χ4v) is 3.41. The summed E-state index contributed by atoms with van der Waals surface area (Å²) in [7, 11) is 0. The van der Waals surface area contributed by atoms with Crippen LogP contribution in [0.1, 0.15) is 39.5 Å². The third-order valence-electron chi connectivity index (χ3n) is 4.80. The lowest BCUT2D eigenvalue weighted by Gasteiger charge is -2.35. The molecular weight excluding hydrogens is 343 g/mol. The molecule has 1 heterocycles. The number of nitrogens with one attached hydrogen (secondary N) is 1. The van der Waals surface area contributed by atoms with Gasteiger partial charge in [-0.1, -0.05) is 38.3 Å². The Balaban J connectivity index is 1.76. The number of piperidine rings is 1. The third kappa shape index (κ3) is 6.48. The maximum absolute atomic E-state index is 13.1. The first-order valence-electron chi connectivity index (χ1n) is 9.11. The Bertz CT molecular complexity index is 566. The molecule has 1 aliphatic rings. The highest BCUT2D eigenvalue weighted by Gasteiger charge is 2.22. The molecule has 140 valence electrons. The van der Waals surface area contributed by atoms with Crippen molar-refractivity contribution in [1.82, 2.24) is 10.2 Å². The summed E-state index contributed by atoms with van der Waals surface area (Å²) in [5.74, 6) is 0.453. The molecule has 1 aromatic rings. The van der Waals surface area contributed by atoms with Crippen molar-refractivity contribution in [3.8, 4) is 5.75 Å². The fraction of sp³-hybridized carbons (Fsp3) is 0.632. The highest BCUT2D eigenvalue weighted by Crippen LogP contribution is 2.21. The van der Waals surface area contributed by atoms with Gasteiger partial charge in [-0.05, 0) is 37.4 Å². The van der Waals surface area contributed by atoms with Crippen LogP contribution < -0.4 is 10.1 Å². The first kappa shape index (κ1) is 20.0. The van der Waals surface area contributed by atoms with Crippen molar-refractivity contribution in [2.24, 2.45) is 5.92 Å². The number of nitrogens with zero attached hydrogens (tertiary/aromatic N) is 1. The Hall–Kier alpha value is -1.33. The average molecular weight is 371 g/mol. The second-order valence-corrected chi connectivity index (χ2v) is 7.12. The van der Waals surface area contributed by atoms with Crippen molar-refractivity contribution < 1.29 is 13.9 Å². The Labute approximate surface area is 154 Å². The number of hydrogen-bond acceptors (Lipinski definition) is 3. The van der Waals surface area contributed by atoms with E-state index >= 15 is 0 Å². The van der Waals surface area contributed by atoms with Crippen LogP contribution in [0, 0.1) is 11.7 Å². The van der Waals surface area contributed by atoms with Crippen LogP contribution in [0.2, 0.25) is 5.02 Å². The lowest BCUT2D eigenvalue weighted by atomic mass is 9.99. The fourth-order valence-electron chi connectivity index (χ4n) is 3.24. The van der Waals surface area contributed by atoms with Crippen LogP contribution in [0.4, 0.5) is 4.39 Å². The quantitative estimate of drug-likeness (QED) is 0.755. The van der Waals surface area contributed by atoms with Crippen molar-refractivity contribution in [3.63, 3.8) is 0 Å². The molecule has 0 aliphatic carbocycles. The monoisotopic (exact) mass is 370 g/mol. The van der Waals surface area contributed by atoms with E-state index in [0.29, 0.717) is 5.75 Å². The minimum absolute atomic E-state index is 0.0118. The maximum Gasteiger partial charge on any atom is 0.258 e. The molecule has 0 spiro atoms. The molecule has 1 atom stereocenters. The summed E-state index contributed by atoms with van der Waals surface area (Å²) in [5.41, 5.74) is 0. The molecule has 1 N–H and O–H groups in total. The van der Waals surface area contributed by atoms with Gasteiger partial charge in [-0.25, -0.2) is 4.39 Å². The van der Waals surface area contributed by atoms with E-state index in [0.717, 1.165) is 38.4 Å². The standard InChI is InChI=1S/C19H28ClFN2O2/c1-3-14(4-2)11-23-9-5-6-15(12-23)22-19(24)13-25-16-7-8-18(21)17(20)10-16/h7-8,10,14-15H,3-6,9,11-13H2,1-2H3,(H,22,24)/t15-/m0/s1. The van der Waals surface area contributed by atoms with E-state index in [1.54, 1.807) is 0 Å². The van der Waals surface area contributed by atoms with Gasteiger partial charge in [-0.3, -0.25) is 4.79 Å². The zero-order chi connectivity index (χ0) is 18.2. The van der Waals surface area contributed by atoms with Gasteiger partial charge in [0.2, 0.25) is 0 Å². The summed E-state index contributed by atoms with van der Waals surface area (Å²) in [6.07, 6.45) is 4.48. The molecule has 2 rings (SSSR count). The zero-order valence-corrected chi connectivity index (χ0v) is 15.8. The summed E-state index contributed by atoms with van der Waals surface area (Å²) in [5, 5.41) is 3.03. The molecule has 0 unspecified atom stereocenters. The molecule has 0 bridgehead atoms. The number of benzene rings is 1. The number of halogens is 2. The van der Waals surface area contributed by atoms with Crippen molar-refractivity contribution >= 4 is 17.5 Å². The molecule has 0 aromatic heterocycles. The zero-order valence-electron chi connectivity index (χ0n) is 15.1. The van der Waals surface area contributed by atoms with Gasteiger partial charge in [0.15, 0.2) is 6.61 Å². The third-order valence-corrected chi connectivity index (χ3v) is 5.09. The minimum Gasteiger partial charge on any atom is -0.484 e. The molecule has 1 saturated heterocycles. The SMILES string of the molecule is CCC(CC)CN1CCC[C@H](NC(=O)COc2ccc(F)c(Cl)c2)C1. The lowest BCUT2D eigenvalue weighted by molar-refractivity contribution is -0.124. The van der Waals surface area contributed by atoms with E-state index in [1.165, 1.54) is 31.0 Å². The van der Waals surface area contributed by atoms with E-state index < -0.39 is 5.82 Å². The first-order chi connectivity index (χ1) is 12.0. The van der Waals surface area contributed by atoms with Gasteiger partial charge in [-0.2, -0.15) is 0 Å². The molecule has 0 saturated carbocycles. The average Bonchev–Trinajstić information content (AvgIpc) is 2.61. The summed E-state index contributed by atoms with van der Waals surface area (Å²) in [6.45, 7) is 7.47. The molecule has 1 aromatic carbocycles. The van der Waals surface area contributed by atoms with Crippen molar-refractivity contribution in [2.45, 2.75) is 45.6 Å². The summed E-state index contributed by atoms with van der Waals surface area (Å²) >= 11 is 5.71. The molecule has 1 aliphatic heterocycles. The van der Waals surface area contributed by atoms with E-state index in [4.69, 9.17) is 16.3 Å². The Kier molecular flexibility index (Phi) is 7.97. The van der Waals surface area contributed by atoms with Crippen LogP contribution in [0.3, 0.4) is 0 Å². The van der Waals surface area contributed by atoms with Gasteiger partial charge >= 0.3 is 0 Å². The summed E-state index contributed by atoms with van der Waals surface area (Å²) in [4.78, 5) is 14.6. The predicted molar refractivity (Wildman–Crippen MR) is 98.6 cm³/mol. The van der Waals surface area contributed by atoms with Crippen LogP contribution in [0.5, 0.6) is 5.75 Å². The first-order valence-corrected chi connectivity index (χ1v) is 9.49. The molecule has 4 nitrogen and oxygen atoms in total. The Morgan fingerprint density at radius 1 is 1.44 bits per heavy atom. The highest BCUT2D eigenvalue weighted by atomic mass is 35.5. The lowest BCUT2D eigenvalue weighted by Crippen LogP contribution is -2.49. The summed E-state index contributed by atoms with van der Waals surface area (Å²) in [6, 6.07) is 4.23. The number of hydrogen-bond donors (Lipinski definition) is 1. The maximum atomic E-state index is 13.1.